The third kappa shape index (κ3) is 9.36. The quantitative estimate of drug-likeness (QED) is 0.108. The molecule has 0 bridgehead atoms. The van der Waals surface area contributed by atoms with Gasteiger partial charge in [0.1, 0.15) is 35.0 Å². The standard InChI is InChI=1S/C32H37N3O10S/c1-43-31(39)29-25(36)10-7-11-26(29)44-17-6-5-16-33-30(38)24(34-32(40)45-20-22-8-3-2-4-9-22)18-21-12-14-23(15-13-21)27-19-28(37)35-46(27,41)42/h2-4,7-15,24,27,36,41-42H,5-6,16-20H2,1H3,(H,33,38)(H,34,40)(H,35,37). The Morgan fingerprint density at radius 3 is 2.39 bits per heavy atom. The van der Waals surface area contributed by atoms with Gasteiger partial charge in [0, 0.05) is 13.0 Å². The summed E-state index contributed by atoms with van der Waals surface area (Å²) in [5.41, 5.74) is 1.96. The maximum absolute atomic E-state index is 13.2. The van der Waals surface area contributed by atoms with Gasteiger partial charge in [-0.25, -0.2) is 9.59 Å². The largest absolute Gasteiger partial charge is 0.507 e. The molecule has 6 N–H and O–H groups in total. The molecular weight excluding hydrogens is 618 g/mol. The van der Waals surface area contributed by atoms with Crippen molar-refractivity contribution in [3.05, 3.63) is 95.1 Å². The number of hydrogen-bond acceptors (Lipinski definition) is 10. The predicted octanol–water partition coefficient (Wildman–Crippen LogP) is 4.22. The van der Waals surface area contributed by atoms with Gasteiger partial charge in [-0.15, -0.1) is 10.8 Å². The molecule has 3 aromatic rings. The zero-order valence-electron chi connectivity index (χ0n) is 25.1. The summed E-state index contributed by atoms with van der Waals surface area (Å²) >= 11 is 0. The Hall–Kier alpha value is -4.79. The van der Waals surface area contributed by atoms with Crippen molar-refractivity contribution < 1.29 is 47.6 Å². The molecule has 246 valence electrons. The Morgan fingerprint density at radius 2 is 1.72 bits per heavy atom. The van der Waals surface area contributed by atoms with E-state index in [4.69, 9.17) is 14.2 Å². The number of phenols is 1. The number of nitrogens with one attached hydrogen (secondary N) is 3. The molecule has 2 unspecified atom stereocenters. The summed E-state index contributed by atoms with van der Waals surface area (Å²) in [6, 6.07) is 19.3. The van der Waals surface area contributed by atoms with E-state index in [1.807, 2.05) is 30.3 Å². The minimum absolute atomic E-state index is 0.0210. The Morgan fingerprint density at radius 1 is 0.978 bits per heavy atom. The summed E-state index contributed by atoms with van der Waals surface area (Å²) < 4.78 is 38.3. The maximum Gasteiger partial charge on any atom is 0.408 e. The first-order valence-electron chi connectivity index (χ1n) is 14.5. The van der Waals surface area contributed by atoms with Gasteiger partial charge in [-0.1, -0.05) is 60.7 Å². The molecule has 2 atom stereocenters. The number of rotatable bonds is 14. The summed E-state index contributed by atoms with van der Waals surface area (Å²) in [6.45, 7) is 0.492. The van der Waals surface area contributed by atoms with Gasteiger partial charge in [-0.2, -0.15) is 0 Å². The van der Waals surface area contributed by atoms with E-state index in [0.717, 1.165) is 5.56 Å². The highest BCUT2D eigenvalue weighted by Crippen LogP contribution is 2.56. The van der Waals surface area contributed by atoms with E-state index >= 15 is 0 Å². The fourth-order valence-electron chi connectivity index (χ4n) is 4.78. The van der Waals surface area contributed by atoms with Crippen LogP contribution in [-0.4, -0.2) is 64.4 Å². The Kier molecular flexibility index (Phi) is 11.8. The molecule has 0 saturated carbocycles. The number of carbonyl (C=O) groups excluding carboxylic acids is 4. The molecule has 1 heterocycles. The molecule has 4 rings (SSSR count). The third-order valence-corrected chi connectivity index (χ3v) is 8.93. The van der Waals surface area contributed by atoms with Crippen molar-refractivity contribution in [1.29, 1.82) is 0 Å². The second-order valence-corrected chi connectivity index (χ2v) is 12.5. The molecule has 13 nitrogen and oxygen atoms in total. The first kappa shape index (κ1) is 34.1. The number of benzene rings is 3. The zero-order chi connectivity index (χ0) is 33.1. The van der Waals surface area contributed by atoms with Crippen LogP contribution in [0.1, 0.15) is 51.6 Å². The van der Waals surface area contributed by atoms with Crippen molar-refractivity contribution >= 4 is 34.7 Å². The Balaban J connectivity index is 1.33. The monoisotopic (exact) mass is 655 g/mol. The number of methoxy groups -OCH3 is 1. The van der Waals surface area contributed by atoms with Crippen LogP contribution >= 0.6 is 10.8 Å². The summed E-state index contributed by atoms with van der Waals surface area (Å²) in [7, 11) is -2.10. The van der Waals surface area contributed by atoms with E-state index in [0.29, 0.717) is 24.0 Å². The number of alkyl carbamates (subject to hydrolysis) is 1. The maximum atomic E-state index is 13.2. The molecule has 14 heteroatoms. The van der Waals surface area contributed by atoms with Crippen molar-refractivity contribution in [2.45, 2.75) is 43.6 Å². The molecule has 0 aliphatic carbocycles. The lowest BCUT2D eigenvalue weighted by Gasteiger charge is -2.32. The SMILES string of the molecule is COC(=O)c1c(O)cccc1OCCCCNC(=O)C(Cc1ccc(C2CC(=O)NS2(O)O)cc1)NC(=O)OCc1ccccc1. The smallest absolute Gasteiger partial charge is 0.408 e. The predicted molar refractivity (Wildman–Crippen MR) is 169 cm³/mol. The third-order valence-electron chi connectivity index (χ3n) is 7.17. The molecule has 1 saturated heterocycles. The summed E-state index contributed by atoms with van der Waals surface area (Å²) in [6.07, 6.45) is 0.311. The first-order valence-corrected chi connectivity index (χ1v) is 16.1. The normalized spacial score (nSPS) is 16.4. The number of aromatic hydroxyl groups is 1. The fraction of sp³-hybridized carbons (Fsp3) is 0.312. The van der Waals surface area contributed by atoms with Crippen LogP contribution in [0, 0.1) is 0 Å². The van der Waals surface area contributed by atoms with Crippen molar-refractivity contribution in [2.75, 3.05) is 20.3 Å². The number of amides is 3. The van der Waals surface area contributed by atoms with E-state index in [1.165, 1.54) is 13.2 Å². The van der Waals surface area contributed by atoms with Crippen LogP contribution in [0.15, 0.2) is 72.8 Å². The number of ether oxygens (including phenoxy) is 3. The summed E-state index contributed by atoms with van der Waals surface area (Å²) in [4.78, 5) is 49.5. The summed E-state index contributed by atoms with van der Waals surface area (Å²) in [5.74, 6) is -1.68. The molecule has 0 spiro atoms. The number of esters is 1. The van der Waals surface area contributed by atoms with Gasteiger partial charge in [0.05, 0.1) is 20.1 Å². The average molecular weight is 656 g/mol. The van der Waals surface area contributed by atoms with Gasteiger partial charge in [-0.05, 0) is 41.7 Å². The van der Waals surface area contributed by atoms with Crippen LogP contribution in [0.4, 0.5) is 4.79 Å². The highest BCUT2D eigenvalue weighted by Gasteiger charge is 2.38. The number of phenolic OH excluding ortho intramolecular Hbond substituents is 1. The molecule has 1 aliphatic rings. The Labute approximate surface area is 267 Å². The van der Waals surface area contributed by atoms with E-state index in [2.05, 4.69) is 15.4 Å². The van der Waals surface area contributed by atoms with Crippen LogP contribution in [0.5, 0.6) is 11.5 Å². The van der Waals surface area contributed by atoms with Gasteiger partial charge >= 0.3 is 12.1 Å². The molecule has 0 aromatic heterocycles. The van der Waals surface area contributed by atoms with Crippen LogP contribution in [0.3, 0.4) is 0 Å². The van der Waals surface area contributed by atoms with Crippen molar-refractivity contribution in [1.82, 2.24) is 15.4 Å². The topological polar surface area (TPSA) is 193 Å². The van der Waals surface area contributed by atoms with Gasteiger partial charge in [0.25, 0.3) is 0 Å². The lowest BCUT2D eigenvalue weighted by molar-refractivity contribution is -0.123. The van der Waals surface area contributed by atoms with E-state index in [1.54, 1.807) is 36.4 Å². The van der Waals surface area contributed by atoms with Crippen LogP contribution in [0.2, 0.25) is 0 Å². The van der Waals surface area contributed by atoms with Crippen molar-refractivity contribution in [3.63, 3.8) is 0 Å². The lowest BCUT2D eigenvalue weighted by Crippen LogP contribution is -2.48. The second-order valence-electron chi connectivity index (χ2n) is 10.5. The molecular formula is C32H37N3O10S. The number of unbranched alkanes of at least 4 members (excludes halogenated alkanes) is 1. The van der Waals surface area contributed by atoms with Crippen LogP contribution in [-0.2, 0) is 32.1 Å². The molecule has 3 aromatic carbocycles. The minimum atomic E-state index is -3.30. The van der Waals surface area contributed by atoms with Gasteiger partial charge in [0.2, 0.25) is 11.8 Å². The fourth-order valence-corrected chi connectivity index (χ4v) is 6.27. The molecule has 1 aliphatic heterocycles. The highest BCUT2D eigenvalue weighted by atomic mass is 32.3. The van der Waals surface area contributed by atoms with Gasteiger partial charge in [-0.3, -0.25) is 23.4 Å². The minimum Gasteiger partial charge on any atom is -0.507 e. The van der Waals surface area contributed by atoms with Crippen LogP contribution in [0.25, 0.3) is 0 Å². The Bertz CT molecular complexity index is 1520. The summed E-state index contributed by atoms with van der Waals surface area (Å²) in [5, 5.41) is 14.7. The zero-order valence-corrected chi connectivity index (χ0v) is 26.0. The lowest BCUT2D eigenvalue weighted by atomic mass is 10.0. The van der Waals surface area contributed by atoms with Crippen molar-refractivity contribution in [2.24, 2.45) is 0 Å². The molecule has 0 radical (unpaired) electrons. The molecule has 1 fully saturated rings. The van der Waals surface area contributed by atoms with E-state index < -0.39 is 45.9 Å². The van der Waals surface area contributed by atoms with Gasteiger partial charge < -0.3 is 30.0 Å². The first-order chi connectivity index (χ1) is 22.1. The van der Waals surface area contributed by atoms with Crippen molar-refractivity contribution in [3.8, 4) is 11.5 Å². The second kappa shape index (κ2) is 16.0. The molecule has 46 heavy (non-hydrogen) atoms. The van der Waals surface area contributed by atoms with E-state index in [9.17, 15) is 33.4 Å². The highest BCUT2D eigenvalue weighted by molar-refractivity contribution is 8.23. The number of hydrogen-bond donors (Lipinski definition) is 6. The van der Waals surface area contributed by atoms with Crippen LogP contribution < -0.4 is 20.1 Å². The molecule has 3 amide bonds. The number of carbonyl (C=O) groups is 4. The van der Waals surface area contributed by atoms with Gasteiger partial charge in [0.15, 0.2) is 0 Å². The van der Waals surface area contributed by atoms with E-state index in [-0.39, 0.29) is 49.7 Å². The average Bonchev–Trinajstić information content (AvgIpc) is 3.33.